The fourth-order valence-electron chi connectivity index (χ4n) is 3.40. The number of nitrogens with one attached hydrogen (secondary N) is 1. The van der Waals surface area contributed by atoms with Crippen molar-refractivity contribution >= 4 is 22.7 Å². The number of benzene rings is 2. The van der Waals surface area contributed by atoms with Crippen molar-refractivity contribution < 1.29 is 4.39 Å². The Balaban J connectivity index is 1.73. The lowest BCUT2D eigenvalue weighted by atomic mass is 9.93. The van der Waals surface area contributed by atoms with Crippen LogP contribution in [-0.2, 0) is 0 Å². The molecule has 27 heavy (non-hydrogen) atoms. The number of hydrogen-bond donors (Lipinski definition) is 1. The zero-order valence-electron chi connectivity index (χ0n) is 16.1. The highest BCUT2D eigenvalue weighted by Gasteiger charge is 2.19. The Hall–Kier alpha value is -2.94. The number of fused-ring (bicyclic) bond motifs is 1. The fraction of sp³-hybridized carbons (Fsp3) is 0.208. The van der Waals surface area contributed by atoms with Gasteiger partial charge in [-0.15, -0.1) is 0 Å². The zero-order chi connectivity index (χ0) is 19.4. The van der Waals surface area contributed by atoms with Gasteiger partial charge >= 0.3 is 0 Å². The van der Waals surface area contributed by atoms with E-state index in [9.17, 15) is 4.39 Å². The van der Waals surface area contributed by atoms with E-state index in [1.807, 2.05) is 30.3 Å². The summed E-state index contributed by atoms with van der Waals surface area (Å²) in [6.45, 7) is 10.6. The van der Waals surface area contributed by atoms with Crippen molar-refractivity contribution in [1.29, 1.82) is 0 Å². The zero-order valence-corrected chi connectivity index (χ0v) is 16.1. The number of nitrogens with zero attached hydrogens (tertiary/aromatic N) is 1. The van der Waals surface area contributed by atoms with Gasteiger partial charge in [-0.3, -0.25) is 4.98 Å². The summed E-state index contributed by atoms with van der Waals surface area (Å²) in [6, 6.07) is 17.2. The summed E-state index contributed by atoms with van der Waals surface area (Å²) >= 11 is 0. The van der Waals surface area contributed by atoms with Crippen molar-refractivity contribution in [2.75, 3.05) is 0 Å². The summed E-state index contributed by atoms with van der Waals surface area (Å²) in [5.41, 5.74) is 4.34. The summed E-state index contributed by atoms with van der Waals surface area (Å²) < 4.78 is 13.8. The first kappa shape index (κ1) is 18.8. The first-order valence-corrected chi connectivity index (χ1v) is 9.08. The normalized spacial score (nSPS) is 12.2. The van der Waals surface area contributed by atoms with Crippen LogP contribution in [0.25, 0.3) is 22.7 Å². The molecule has 0 amide bonds. The third-order valence-electron chi connectivity index (χ3n) is 4.43. The van der Waals surface area contributed by atoms with Gasteiger partial charge in [0.15, 0.2) is 0 Å². The molecule has 0 bridgehead atoms. The van der Waals surface area contributed by atoms with Gasteiger partial charge in [-0.25, -0.2) is 4.39 Å². The quantitative estimate of drug-likeness (QED) is 0.565. The Labute approximate surface area is 160 Å². The first-order valence-electron chi connectivity index (χ1n) is 9.08. The molecule has 0 aliphatic carbocycles. The third-order valence-corrected chi connectivity index (χ3v) is 4.43. The predicted octanol–water partition coefficient (Wildman–Crippen LogP) is 6.21. The highest BCUT2D eigenvalue weighted by Crippen LogP contribution is 2.24. The van der Waals surface area contributed by atoms with Crippen LogP contribution in [0.15, 0.2) is 72.9 Å². The predicted molar refractivity (Wildman–Crippen MR) is 113 cm³/mol. The highest BCUT2D eigenvalue weighted by molar-refractivity contribution is 5.82. The van der Waals surface area contributed by atoms with Crippen LogP contribution in [0.4, 0.5) is 4.39 Å². The lowest BCUT2D eigenvalue weighted by Gasteiger charge is -2.29. The van der Waals surface area contributed by atoms with E-state index in [1.165, 1.54) is 17.2 Å². The Morgan fingerprint density at radius 1 is 1.15 bits per heavy atom. The van der Waals surface area contributed by atoms with E-state index in [4.69, 9.17) is 0 Å². The van der Waals surface area contributed by atoms with Crippen LogP contribution in [0.5, 0.6) is 0 Å². The molecule has 3 aromatic rings. The topological polar surface area (TPSA) is 24.9 Å². The molecule has 0 unspecified atom stereocenters. The van der Waals surface area contributed by atoms with E-state index in [-0.39, 0.29) is 11.4 Å². The van der Waals surface area contributed by atoms with Gasteiger partial charge in [0, 0.05) is 28.4 Å². The molecule has 0 saturated carbocycles. The second-order valence-corrected chi connectivity index (χ2v) is 7.60. The van der Waals surface area contributed by atoms with Crippen LogP contribution >= 0.6 is 0 Å². The minimum atomic E-state index is -0.306. The summed E-state index contributed by atoms with van der Waals surface area (Å²) in [6.07, 6.45) is 4.74. The molecule has 2 aromatic carbocycles. The Morgan fingerprint density at radius 2 is 1.89 bits per heavy atom. The summed E-state index contributed by atoms with van der Waals surface area (Å²) in [5.74, 6) is -0.306. The number of halogens is 1. The average molecular weight is 360 g/mol. The Morgan fingerprint density at radius 3 is 2.63 bits per heavy atom. The smallest absolute Gasteiger partial charge is 0.149 e. The number of para-hydroxylation sites is 1. The molecule has 2 nitrogen and oxygen atoms in total. The van der Waals surface area contributed by atoms with Crippen molar-refractivity contribution in [3.05, 3.63) is 89.9 Å². The van der Waals surface area contributed by atoms with Gasteiger partial charge in [0.2, 0.25) is 0 Å². The van der Waals surface area contributed by atoms with Crippen LogP contribution in [0.3, 0.4) is 0 Å². The SMILES string of the molecule is C=C(NC(C)(C)C/C(C)=C\c1ccccc1)c1cnc2c(F)cccc2c1. The standard InChI is InChI=1S/C24H25FN2/c1-17(13-19-9-6-5-7-10-19)15-24(3,4)27-18(2)21-14-20-11-8-12-22(25)23(20)26-16-21/h5-14,16,27H,2,15H2,1,3-4H3/b17-13-. The second-order valence-electron chi connectivity index (χ2n) is 7.60. The molecule has 0 radical (unpaired) electrons. The van der Waals surface area contributed by atoms with Crippen LogP contribution in [0.1, 0.15) is 38.3 Å². The van der Waals surface area contributed by atoms with Crippen molar-refractivity contribution in [2.45, 2.75) is 32.7 Å². The molecule has 1 aromatic heterocycles. The molecule has 138 valence electrons. The molecule has 0 aliphatic rings. The maximum Gasteiger partial charge on any atom is 0.149 e. The van der Waals surface area contributed by atoms with Crippen LogP contribution in [-0.4, -0.2) is 10.5 Å². The van der Waals surface area contributed by atoms with E-state index >= 15 is 0 Å². The average Bonchev–Trinajstić information content (AvgIpc) is 2.61. The minimum absolute atomic E-state index is 0.177. The fourth-order valence-corrected chi connectivity index (χ4v) is 3.40. The lowest BCUT2D eigenvalue weighted by molar-refractivity contribution is 0.449. The summed E-state index contributed by atoms with van der Waals surface area (Å²) in [5, 5.41) is 4.27. The molecular formula is C24H25FN2. The number of rotatable bonds is 6. The van der Waals surface area contributed by atoms with Gasteiger partial charge in [-0.05, 0) is 44.9 Å². The van der Waals surface area contributed by atoms with Crippen molar-refractivity contribution in [2.24, 2.45) is 0 Å². The molecule has 3 rings (SSSR count). The summed E-state index contributed by atoms with van der Waals surface area (Å²) in [7, 11) is 0. The number of hydrogen-bond acceptors (Lipinski definition) is 2. The first-order chi connectivity index (χ1) is 12.8. The van der Waals surface area contributed by atoms with Gasteiger partial charge < -0.3 is 5.32 Å². The molecule has 0 aliphatic heterocycles. The molecule has 0 atom stereocenters. The maximum atomic E-state index is 13.8. The largest absolute Gasteiger partial charge is 0.380 e. The number of aromatic nitrogens is 1. The highest BCUT2D eigenvalue weighted by atomic mass is 19.1. The van der Waals surface area contributed by atoms with Crippen molar-refractivity contribution in [1.82, 2.24) is 10.3 Å². The number of pyridine rings is 1. The van der Waals surface area contributed by atoms with E-state index in [2.05, 4.69) is 55.9 Å². The molecule has 0 saturated heterocycles. The lowest BCUT2D eigenvalue weighted by Crippen LogP contribution is -2.37. The molecule has 0 spiro atoms. The Bertz CT molecular complexity index is 988. The van der Waals surface area contributed by atoms with E-state index < -0.39 is 0 Å². The molecule has 0 fully saturated rings. The van der Waals surface area contributed by atoms with Gasteiger partial charge in [0.25, 0.3) is 0 Å². The molecule has 1 N–H and O–H groups in total. The van der Waals surface area contributed by atoms with Gasteiger partial charge in [0.05, 0.1) is 0 Å². The van der Waals surface area contributed by atoms with Crippen LogP contribution < -0.4 is 5.32 Å². The van der Waals surface area contributed by atoms with E-state index in [0.29, 0.717) is 5.52 Å². The maximum absolute atomic E-state index is 13.8. The second kappa shape index (κ2) is 7.75. The van der Waals surface area contributed by atoms with Gasteiger partial charge in [-0.1, -0.05) is 60.7 Å². The van der Waals surface area contributed by atoms with Crippen LogP contribution in [0.2, 0.25) is 0 Å². The van der Waals surface area contributed by atoms with Crippen LogP contribution in [0, 0.1) is 5.82 Å². The van der Waals surface area contributed by atoms with Crippen molar-refractivity contribution in [3.63, 3.8) is 0 Å². The van der Waals surface area contributed by atoms with E-state index in [1.54, 1.807) is 12.3 Å². The summed E-state index contributed by atoms with van der Waals surface area (Å²) in [4.78, 5) is 4.26. The van der Waals surface area contributed by atoms with E-state index in [0.717, 1.165) is 23.1 Å². The minimum Gasteiger partial charge on any atom is -0.380 e. The van der Waals surface area contributed by atoms with Crippen molar-refractivity contribution in [3.8, 4) is 0 Å². The van der Waals surface area contributed by atoms with Gasteiger partial charge in [-0.2, -0.15) is 0 Å². The molecule has 3 heteroatoms. The third kappa shape index (κ3) is 4.82. The molecule has 1 heterocycles. The molecular weight excluding hydrogens is 335 g/mol. The Kier molecular flexibility index (Phi) is 5.41. The monoisotopic (exact) mass is 360 g/mol. The van der Waals surface area contributed by atoms with Gasteiger partial charge in [0.1, 0.15) is 11.3 Å².